The van der Waals surface area contributed by atoms with Crippen LogP contribution in [0.1, 0.15) is 36.1 Å². The molecule has 0 saturated carbocycles. The molecule has 146 valence electrons. The largest absolute Gasteiger partial charge is 0.340 e. The Kier molecular flexibility index (Phi) is 5.44. The minimum atomic E-state index is -0.00406. The molecule has 1 aromatic carbocycles. The lowest BCUT2D eigenvalue weighted by Gasteiger charge is -2.34. The van der Waals surface area contributed by atoms with Crippen molar-refractivity contribution in [3.8, 4) is 0 Å². The van der Waals surface area contributed by atoms with Crippen LogP contribution in [0.25, 0.3) is 5.65 Å². The van der Waals surface area contributed by atoms with Gasteiger partial charge in [-0.2, -0.15) is 0 Å². The molecule has 5 nitrogen and oxygen atoms in total. The summed E-state index contributed by atoms with van der Waals surface area (Å²) in [5.74, 6) is 0.224. The third-order valence-corrected chi connectivity index (χ3v) is 5.81. The Balaban J connectivity index is 1.62. The van der Waals surface area contributed by atoms with E-state index in [9.17, 15) is 4.79 Å². The number of hydrogen-bond acceptors (Lipinski definition) is 3. The molecule has 2 aromatic heterocycles. The molecule has 3 heterocycles. The second-order valence-electron chi connectivity index (χ2n) is 7.60. The summed E-state index contributed by atoms with van der Waals surface area (Å²) in [5.41, 5.74) is 4.35. The number of amides is 1. The van der Waals surface area contributed by atoms with Gasteiger partial charge in [0.2, 0.25) is 5.91 Å². The summed E-state index contributed by atoms with van der Waals surface area (Å²) >= 11 is 0. The molecule has 1 saturated heterocycles. The second-order valence-corrected chi connectivity index (χ2v) is 7.60. The maximum Gasteiger partial charge on any atom is 0.223 e. The Morgan fingerprint density at radius 1 is 1.11 bits per heavy atom. The van der Waals surface area contributed by atoms with Crippen molar-refractivity contribution in [3.63, 3.8) is 0 Å². The van der Waals surface area contributed by atoms with Gasteiger partial charge in [0, 0.05) is 50.9 Å². The molecule has 1 aliphatic rings. The van der Waals surface area contributed by atoms with Crippen molar-refractivity contribution in [2.24, 2.45) is 0 Å². The molecule has 0 radical (unpaired) electrons. The molecular formula is C23H28N4O. The van der Waals surface area contributed by atoms with Gasteiger partial charge in [0.05, 0.1) is 5.69 Å². The quantitative estimate of drug-likeness (QED) is 0.686. The Hall–Kier alpha value is -2.66. The first-order chi connectivity index (χ1) is 13.7. The van der Waals surface area contributed by atoms with Gasteiger partial charge in [0.15, 0.2) is 0 Å². The summed E-state index contributed by atoms with van der Waals surface area (Å²) in [6.07, 6.45) is 4.46. The summed E-state index contributed by atoms with van der Waals surface area (Å²) in [5, 5.41) is 0. The van der Waals surface area contributed by atoms with Crippen LogP contribution in [0.3, 0.4) is 0 Å². The van der Waals surface area contributed by atoms with E-state index >= 15 is 0 Å². The number of imidazole rings is 1. The van der Waals surface area contributed by atoms with Crippen LogP contribution in [-0.2, 0) is 4.79 Å². The van der Waals surface area contributed by atoms with Crippen LogP contribution in [0.2, 0.25) is 0 Å². The SMILES string of the molecule is CCN1CCN(C(=O)CC(c2ccccc2)c2cnc3cc(C)ccn23)CC1. The topological polar surface area (TPSA) is 40.8 Å². The van der Waals surface area contributed by atoms with Crippen molar-refractivity contribution >= 4 is 11.6 Å². The summed E-state index contributed by atoms with van der Waals surface area (Å²) in [6, 6.07) is 14.5. The van der Waals surface area contributed by atoms with Crippen LogP contribution in [0.4, 0.5) is 0 Å². The van der Waals surface area contributed by atoms with Crippen LogP contribution in [0.5, 0.6) is 0 Å². The maximum absolute atomic E-state index is 13.1. The summed E-state index contributed by atoms with van der Waals surface area (Å²) in [4.78, 5) is 22.2. The molecule has 1 atom stereocenters. The fourth-order valence-electron chi connectivity index (χ4n) is 4.06. The number of pyridine rings is 1. The number of fused-ring (bicyclic) bond motifs is 1. The molecular weight excluding hydrogens is 348 g/mol. The van der Waals surface area contributed by atoms with E-state index in [0.29, 0.717) is 6.42 Å². The van der Waals surface area contributed by atoms with Crippen molar-refractivity contribution in [1.82, 2.24) is 19.2 Å². The third kappa shape index (κ3) is 3.80. The highest BCUT2D eigenvalue weighted by atomic mass is 16.2. The zero-order chi connectivity index (χ0) is 19.5. The number of aromatic nitrogens is 2. The van der Waals surface area contributed by atoms with E-state index in [1.165, 1.54) is 5.56 Å². The van der Waals surface area contributed by atoms with E-state index in [1.807, 2.05) is 29.3 Å². The number of carbonyl (C=O) groups is 1. The lowest BCUT2D eigenvalue weighted by molar-refractivity contribution is -0.133. The van der Waals surface area contributed by atoms with Crippen molar-refractivity contribution in [1.29, 1.82) is 0 Å². The second kappa shape index (κ2) is 8.15. The fourth-order valence-corrected chi connectivity index (χ4v) is 4.06. The van der Waals surface area contributed by atoms with E-state index in [4.69, 9.17) is 0 Å². The number of benzene rings is 1. The normalized spacial score (nSPS) is 16.4. The Bertz CT molecular complexity index is 942. The van der Waals surface area contributed by atoms with Gasteiger partial charge in [-0.25, -0.2) is 4.98 Å². The molecule has 1 aliphatic heterocycles. The van der Waals surface area contributed by atoms with Gasteiger partial charge in [0.25, 0.3) is 0 Å². The number of likely N-dealkylation sites (N-methyl/N-ethyl adjacent to an activating group) is 1. The predicted molar refractivity (Wildman–Crippen MR) is 112 cm³/mol. The molecule has 0 spiro atoms. The minimum absolute atomic E-state index is 0.00406. The average Bonchev–Trinajstić information content (AvgIpc) is 3.15. The Morgan fingerprint density at radius 2 is 1.86 bits per heavy atom. The van der Waals surface area contributed by atoms with Crippen LogP contribution in [-0.4, -0.2) is 57.8 Å². The first kappa shape index (κ1) is 18.7. The van der Waals surface area contributed by atoms with Crippen molar-refractivity contribution < 1.29 is 4.79 Å². The molecule has 0 aliphatic carbocycles. The number of aryl methyl sites for hydroxylation is 1. The van der Waals surface area contributed by atoms with Gasteiger partial charge < -0.3 is 14.2 Å². The molecule has 1 fully saturated rings. The van der Waals surface area contributed by atoms with Crippen molar-refractivity contribution in [3.05, 3.63) is 71.7 Å². The molecule has 1 unspecified atom stereocenters. The van der Waals surface area contributed by atoms with Gasteiger partial charge in [0.1, 0.15) is 5.65 Å². The number of rotatable bonds is 5. The molecule has 0 bridgehead atoms. The van der Waals surface area contributed by atoms with Crippen molar-refractivity contribution in [2.75, 3.05) is 32.7 Å². The molecule has 1 amide bonds. The predicted octanol–water partition coefficient (Wildman–Crippen LogP) is 3.33. The van der Waals surface area contributed by atoms with E-state index in [-0.39, 0.29) is 11.8 Å². The van der Waals surface area contributed by atoms with Gasteiger partial charge in [-0.3, -0.25) is 4.79 Å². The summed E-state index contributed by atoms with van der Waals surface area (Å²) in [7, 11) is 0. The highest BCUT2D eigenvalue weighted by Crippen LogP contribution is 2.29. The van der Waals surface area contributed by atoms with Crippen molar-refractivity contribution in [2.45, 2.75) is 26.2 Å². The zero-order valence-electron chi connectivity index (χ0n) is 16.7. The smallest absolute Gasteiger partial charge is 0.223 e. The summed E-state index contributed by atoms with van der Waals surface area (Å²) in [6.45, 7) is 8.87. The molecule has 3 aromatic rings. The Labute approximate surface area is 166 Å². The van der Waals surface area contributed by atoms with Gasteiger partial charge >= 0.3 is 0 Å². The Morgan fingerprint density at radius 3 is 2.57 bits per heavy atom. The molecule has 28 heavy (non-hydrogen) atoms. The van der Waals surface area contributed by atoms with E-state index < -0.39 is 0 Å². The number of nitrogens with zero attached hydrogens (tertiary/aromatic N) is 4. The van der Waals surface area contributed by atoms with Gasteiger partial charge in [-0.05, 0) is 36.7 Å². The van der Waals surface area contributed by atoms with E-state index in [2.05, 4.69) is 58.6 Å². The molecule has 4 rings (SSSR count). The van der Waals surface area contributed by atoms with Crippen LogP contribution >= 0.6 is 0 Å². The van der Waals surface area contributed by atoms with Gasteiger partial charge in [-0.15, -0.1) is 0 Å². The lowest BCUT2D eigenvalue weighted by atomic mass is 9.92. The van der Waals surface area contributed by atoms with E-state index in [0.717, 1.165) is 49.6 Å². The zero-order valence-corrected chi connectivity index (χ0v) is 16.7. The first-order valence-corrected chi connectivity index (χ1v) is 10.1. The third-order valence-electron chi connectivity index (χ3n) is 5.81. The van der Waals surface area contributed by atoms with Gasteiger partial charge in [-0.1, -0.05) is 37.3 Å². The monoisotopic (exact) mass is 376 g/mol. The molecule has 0 N–H and O–H groups in total. The molecule has 5 heteroatoms. The van der Waals surface area contributed by atoms with Crippen LogP contribution in [0.15, 0.2) is 54.9 Å². The highest BCUT2D eigenvalue weighted by Gasteiger charge is 2.26. The minimum Gasteiger partial charge on any atom is -0.340 e. The van der Waals surface area contributed by atoms with E-state index in [1.54, 1.807) is 0 Å². The number of hydrogen-bond donors (Lipinski definition) is 0. The maximum atomic E-state index is 13.1. The van der Waals surface area contributed by atoms with Crippen LogP contribution < -0.4 is 0 Å². The lowest BCUT2D eigenvalue weighted by Crippen LogP contribution is -2.48. The first-order valence-electron chi connectivity index (χ1n) is 10.1. The fraction of sp³-hybridized carbons (Fsp3) is 0.391. The summed E-state index contributed by atoms with van der Waals surface area (Å²) < 4.78 is 2.12. The number of carbonyl (C=O) groups excluding carboxylic acids is 1. The number of piperazine rings is 1. The average molecular weight is 377 g/mol. The standard InChI is InChI=1S/C23H28N4O/c1-3-25-11-13-26(14-12-25)23(28)16-20(19-7-5-4-6-8-19)21-17-24-22-15-18(2)9-10-27(21)22/h4-10,15,17,20H,3,11-14,16H2,1-2H3. The van der Waals surface area contributed by atoms with Crippen LogP contribution in [0, 0.1) is 6.92 Å². The highest BCUT2D eigenvalue weighted by molar-refractivity contribution is 5.78.